The maximum atomic E-state index is 11.3. The number of rotatable bonds is 6. The Hall–Kier alpha value is -1.59. The van der Waals surface area contributed by atoms with Crippen molar-refractivity contribution in [2.75, 3.05) is 6.61 Å². The first-order valence-corrected chi connectivity index (χ1v) is 5.71. The van der Waals surface area contributed by atoms with Crippen molar-refractivity contribution in [2.45, 2.75) is 26.0 Å². The van der Waals surface area contributed by atoms with Gasteiger partial charge in [0, 0.05) is 0 Å². The molecule has 0 aliphatic rings. The van der Waals surface area contributed by atoms with E-state index in [2.05, 4.69) is 0 Å². The molecular weight excluding hydrogens is 270 g/mol. The third-order valence-electron chi connectivity index (χ3n) is 2.16. The van der Waals surface area contributed by atoms with Crippen LogP contribution >= 0.6 is 12.4 Å². The van der Waals surface area contributed by atoms with Crippen molar-refractivity contribution in [3.63, 3.8) is 0 Å². The van der Waals surface area contributed by atoms with E-state index in [9.17, 15) is 9.59 Å². The molecule has 2 N–H and O–H groups in total. The van der Waals surface area contributed by atoms with Crippen LogP contribution in [0.1, 0.15) is 18.9 Å². The number of carbonyl (C=O) groups excluding carboxylic acids is 2. The molecule has 5 nitrogen and oxygen atoms in total. The predicted molar refractivity (Wildman–Crippen MR) is 72.7 cm³/mol. The lowest BCUT2D eigenvalue weighted by atomic mass is 10.2. The van der Waals surface area contributed by atoms with Crippen molar-refractivity contribution in [3.8, 4) is 0 Å². The summed E-state index contributed by atoms with van der Waals surface area (Å²) < 4.78 is 9.77. The lowest BCUT2D eigenvalue weighted by molar-refractivity contribution is -0.150. The van der Waals surface area contributed by atoms with Crippen LogP contribution in [0.4, 0.5) is 0 Å². The summed E-state index contributed by atoms with van der Waals surface area (Å²) in [5, 5.41) is 0. The molecule has 1 aromatic rings. The monoisotopic (exact) mass is 287 g/mol. The van der Waals surface area contributed by atoms with Gasteiger partial charge in [-0.25, -0.2) is 0 Å². The van der Waals surface area contributed by atoms with Gasteiger partial charge in [-0.3, -0.25) is 9.59 Å². The molecular formula is C13H18ClNO4. The molecule has 1 atom stereocenters. The number of halogens is 1. The lowest BCUT2D eigenvalue weighted by Gasteiger charge is -2.07. The third-order valence-corrected chi connectivity index (χ3v) is 2.16. The second-order valence-corrected chi connectivity index (χ2v) is 3.85. The van der Waals surface area contributed by atoms with Crippen LogP contribution in [0.3, 0.4) is 0 Å². The minimum absolute atomic E-state index is 0. The molecule has 0 radical (unpaired) electrons. The van der Waals surface area contributed by atoms with Gasteiger partial charge in [-0.15, -0.1) is 12.4 Å². The molecule has 6 heteroatoms. The summed E-state index contributed by atoms with van der Waals surface area (Å²) in [6, 6.07) is 8.68. The van der Waals surface area contributed by atoms with Gasteiger partial charge in [0.1, 0.15) is 19.3 Å². The zero-order valence-corrected chi connectivity index (χ0v) is 11.5. The molecule has 0 bridgehead atoms. The van der Waals surface area contributed by atoms with Gasteiger partial charge in [0.15, 0.2) is 0 Å². The molecule has 106 valence electrons. The number of nitrogens with two attached hydrogens (primary N) is 1. The number of esters is 2. The number of hydrogen-bond donors (Lipinski definition) is 1. The maximum Gasteiger partial charge on any atom is 0.322 e. The van der Waals surface area contributed by atoms with E-state index in [0.717, 1.165) is 5.56 Å². The SMILES string of the molecule is C[C@H](N)C(=O)OCCC(=O)OCc1ccccc1.Cl. The lowest BCUT2D eigenvalue weighted by Crippen LogP contribution is -2.29. The molecule has 1 aromatic carbocycles. The van der Waals surface area contributed by atoms with E-state index in [0.29, 0.717) is 0 Å². The average Bonchev–Trinajstić information content (AvgIpc) is 2.37. The second-order valence-electron chi connectivity index (χ2n) is 3.85. The Morgan fingerprint density at radius 3 is 2.42 bits per heavy atom. The number of hydrogen-bond acceptors (Lipinski definition) is 5. The van der Waals surface area contributed by atoms with Gasteiger partial charge in [0.05, 0.1) is 6.42 Å². The Kier molecular flexibility index (Phi) is 8.57. The minimum Gasteiger partial charge on any atom is -0.464 e. The third kappa shape index (κ3) is 7.43. The summed E-state index contributed by atoms with van der Waals surface area (Å²) in [6.45, 7) is 1.74. The largest absolute Gasteiger partial charge is 0.464 e. The zero-order chi connectivity index (χ0) is 13.4. The van der Waals surface area contributed by atoms with Crippen LogP contribution in [0.2, 0.25) is 0 Å². The summed E-state index contributed by atoms with van der Waals surface area (Å²) in [4.78, 5) is 22.3. The highest BCUT2D eigenvalue weighted by atomic mass is 35.5. The summed E-state index contributed by atoms with van der Waals surface area (Å²) in [6.07, 6.45) is 0.0330. The van der Waals surface area contributed by atoms with E-state index in [1.54, 1.807) is 0 Å². The van der Waals surface area contributed by atoms with E-state index in [1.807, 2.05) is 30.3 Å². The van der Waals surface area contributed by atoms with Gasteiger partial charge in [-0.05, 0) is 12.5 Å². The number of carbonyl (C=O) groups is 2. The van der Waals surface area contributed by atoms with Crippen molar-refractivity contribution in [1.29, 1.82) is 0 Å². The molecule has 0 amide bonds. The first-order valence-electron chi connectivity index (χ1n) is 5.71. The van der Waals surface area contributed by atoms with Crippen LogP contribution in [-0.4, -0.2) is 24.6 Å². The standard InChI is InChI=1S/C13H17NO4.ClH/c1-10(14)13(16)17-8-7-12(15)18-9-11-5-3-2-4-6-11;/h2-6,10H,7-9,14H2,1H3;1H/t10-;/m0./s1. The van der Waals surface area contributed by atoms with E-state index >= 15 is 0 Å². The van der Waals surface area contributed by atoms with Crippen LogP contribution in [0.15, 0.2) is 30.3 Å². The average molecular weight is 288 g/mol. The van der Waals surface area contributed by atoms with Gasteiger partial charge in [0.2, 0.25) is 0 Å². The molecule has 0 unspecified atom stereocenters. The molecule has 0 aliphatic heterocycles. The maximum absolute atomic E-state index is 11.3. The van der Waals surface area contributed by atoms with Gasteiger partial charge in [-0.2, -0.15) is 0 Å². The van der Waals surface area contributed by atoms with Gasteiger partial charge < -0.3 is 15.2 Å². The Labute approximate surface area is 118 Å². The molecule has 0 spiro atoms. The van der Waals surface area contributed by atoms with Crippen molar-refractivity contribution in [1.82, 2.24) is 0 Å². The molecule has 0 aromatic heterocycles. The first-order chi connectivity index (χ1) is 8.59. The Bertz CT molecular complexity index is 395. The van der Waals surface area contributed by atoms with E-state index in [1.165, 1.54) is 6.92 Å². The van der Waals surface area contributed by atoms with Crippen molar-refractivity contribution >= 4 is 24.3 Å². The Morgan fingerprint density at radius 2 is 1.84 bits per heavy atom. The summed E-state index contributed by atoms with van der Waals surface area (Å²) in [5.74, 6) is -0.929. The van der Waals surface area contributed by atoms with Crippen LogP contribution in [0.25, 0.3) is 0 Å². The smallest absolute Gasteiger partial charge is 0.322 e. The van der Waals surface area contributed by atoms with E-state index < -0.39 is 18.0 Å². The van der Waals surface area contributed by atoms with E-state index in [-0.39, 0.29) is 32.0 Å². The molecule has 1 rings (SSSR count). The summed E-state index contributed by atoms with van der Waals surface area (Å²) >= 11 is 0. The van der Waals surface area contributed by atoms with Crippen LogP contribution in [-0.2, 0) is 25.7 Å². The zero-order valence-electron chi connectivity index (χ0n) is 10.7. The topological polar surface area (TPSA) is 78.6 Å². The van der Waals surface area contributed by atoms with Gasteiger partial charge >= 0.3 is 11.9 Å². The molecule has 0 heterocycles. The van der Waals surface area contributed by atoms with E-state index in [4.69, 9.17) is 15.2 Å². The summed E-state index contributed by atoms with van der Waals surface area (Å²) in [7, 11) is 0. The fraction of sp³-hybridized carbons (Fsp3) is 0.385. The molecule has 0 aliphatic carbocycles. The normalized spacial score (nSPS) is 11.1. The molecule has 0 saturated heterocycles. The molecule has 19 heavy (non-hydrogen) atoms. The first kappa shape index (κ1) is 17.4. The van der Waals surface area contributed by atoms with Crippen LogP contribution < -0.4 is 5.73 Å². The molecule has 0 saturated carbocycles. The minimum atomic E-state index is -0.676. The quantitative estimate of drug-likeness (QED) is 0.801. The fourth-order valence-corrected chi connectivity index (χ4v) is 1.18. The van der Waals surface area contributed by atoms with Crippen molar-refractivity contribution in [2.24, 2.45) is 5.73 Å². The van der Waals surface area contributed by atoms with Gasteiger partial charge in [0.25, 0.3) is 0 Å². The van der Waals surface area contributed by atoms with Crippen LogP contribution in [0, 0.1) is 0 Å². The predicted octanol–water partition coefficient (Wildman–Crippen LogP) is 1.43. The Morgan fingerprint density at radius 1 is 1.21 bits per heavy atom. The molecule has 0 fully saturated rings. The highest BCUT2D eigenvalue weighted by Crippen LogP contribution is 2.01. The number of ether oxygens (including phenoxy) is 2. The Balaban J connectivity index is 0.00000324. The van der Waals surface area contributed by atoms with Gasteiger partial charge in [-0.1, -0.05) is 30.3 Å². The second kappa shape index (κ2) is 9.35. The van der Waals surface area contributed by atoms with Crippen molar-refractivity contribution < 1.29 is 19.1 Å². The number of benzene rings is 1. The summed E-state index contributed by atoms with van der Waals surface area (Å²) in [5.41, 5.74) is 6.21. The highest BCUT2D eigenvalue weighted by Gasteiger charge is 2.10. The fourth-order valence-electron chi connectivity index (χ4n) is 1.18. The highest BCUT2D eigenvalue weighted by molar-refractivity contribution is 5.85. The van der Waals surface area contributed by atoms with Crippen molar-refractivity contribution in [3.05, 3.63) is 35.9 Å². The van der Waals surface area contributed by atoms with Crippen LogP contribution in [0.5, 0.6) is 0 Å².